The third-order valence-corrected chi connectivity index (χ3v) is 2.31. The second-order valence-corrected chi connectivity index (χ2v) is 4.99. The van der Waals surface area contributed by atoms with E-state index in [-0.39, 0.29) is 19.0 Å². The van der Waals surface area contributed by atoms with Crippen molar-refractivity contribution >= 4 is 18.5 Å². The molecule has 1 heterocycles. The summed E-state index contributed by atoms with van der Waals surface area (Å²) in [5.41, 5.74) is -1.06. The number of amides is 1. The molecule has 0 aromatic carbocycles. The molecule has 5 nitrogen and oxygen atoms in total. The van der Waals surface area contributed by atoms with E-state index < -0.39 is 17.2 Å². The van der Waals surface area contributed by atoms with Crippen LogP contribution in [0.4, 0.5) is 4.79 Å². The van der Waals surface area contributed by atoms with Gasteiger partial charge in [0.25, 0.3) is 0 Å². The molecule has 0 radical (unpaired) electrons. The zero-order valence-electron chi connectivity index (χ0n) is 10.0. The lowest BCUT2D eigenvalue weighted by Gasteiger charge is -2.29. The summed E-state index contributed by atoms with van der Waals surface area (Å²) in [5.74, 6) is 0. The van der Waals surface area contributed by atoms with Crippen LogP contribution in [-0.2, 0) is 4.74 Å². The summed E-state index contributed by atoms with van der Waals surface area (Å²) < 4.78 is 5.14. The fourth-order valence-corrected chi connectivity index (χ4v) is 1.55. The van der Waals surface area contributed by atoms with Gasteiger partial charge in [-0.1, -0.05) is 0 Å². The number of carbonyl (C=O) groups excluding carboxylic acids is 1. The Labute approximate surface area is 102 Å². The van der Waals surface area contributed by atoms with Crippen molar-refractivity contribution in [3.8, 4) is 0 Å². The molecule has 96 valence electrons. The van der Waals surface area contributed by atoms with E-state index >= 15 is 0 Å². The first-order valence-electron chi connectivity index (χ1n) is 5.20. The number of rotatable bonds is 2. The van der Waals surface area contributed by atoms with Crippen LogP contribution in [0.3, 0.4) is 0 Å². The molecule has 6 heteroatoms. The summed E-state index contributed by atoms with van der Waals surface area (Å²) >= 11 is 0. The molecule has 0 bridgehead atoms. The summed E-state index contributed by atoms with van der Waals surface area (Å²) in [4.78, 5) is 11.5. The topological polar surface area (TPSA) is 70.6 Å². The highest BCUT2D eigenvalue weighted by Crippen LogP contribution is 2.15. The smallest absolute Gasteiger partial charge is 0.408 e. The van der Waals surface area contributed by atoms with Crippen molar-refractivity contribution in [1.82, 2.24) is 10.6 Å². The van der Waals surface area contributed by atoms with Crippen LogP contribution < -0.4 is 10.6 Å². The Bertz CT molecular complexity index is 235. The summed E-state index contributed by atoms with van der Waals surface area (Å²) in [6.45, 7) is 6.75. The highest BCUT2D eigenvalue weighted by molar-refractivity contribution is 5.85. The van der Waals surface area contributed by atoms with Crippen LogP contribution in [-0.4, -0.2) is 42.0 Å². The molecule has 0 spiro atoms. The Kier molecular flexibility index (Phi) is 5.52. The van der Waals surface area contributed by atoms with Gasteiger partial charge < -0.3 is 20.5 Å². The Balaban J connectivity index is 0.00000225. The van der Waals surface area contributed by atoms with E-state index in [0.29, 0.717) is 6.54 Å². The molecule has 1 amide bonds. The van der Waals surface area contributed by atoms with Crippen LogP contribution in [0.15, 0.2) is 0 Å². The van der Waals surface area contributed by atoms with Crippen molar-refractivity contribution in [2.24, 2.45) is 0 Å². The number of ether oxygens (including phenoxy) is 1. The summed E-state index contributed by atoms with van der Waals surface area (Å²) in [7, 11) is 0. The molecule has 1 rings (SSSR count). The van der Waals surface area contributed by atoms with E-state index in [1.54, 1.807) is 0 Å². The lowest BCUT2D eigenvalue weighted by Crippen LogP contribution is -2.54. The van der Waals surface area contributed by atoms with Crippen LogP contribution in [0.5, 0.6) is 0 Å². The number of aliphatic hydroxyl groups is 1. The van der Waals surface area contributed by atoms with Gasteiger partial charge in [-0.05, 0) is 33.7 Å². The predicted octanol–water partition coefficient (Wildman–Crippen LogP) is 0.657. The molecule has 1 aliphatic rings. The van der Waals surface area contributed by atoms with E-state index in [1.165, 1.54) is 0 Å². The number of hydrogen-bond acceptors (Lipinski definition) is 4. The summed E-state index contributed by atoms with van der Waals surface area (Å²) in [6, 6.07) is 0. The number of halogens is 1. The summed E-state index contributed by atoms with van der Waals surface area (Å²) in [5, 5.41) is 15.1. The molecule has 0 aromatic rings. The normalized spacial score (nSPS) is 24.8. The minimum absolute atomic E-state index is 0. The number of aliphatic hydroxyl groups excluding tert-OH is 1. The third kappa shape index (κ3) is 4.55. The van der Waals surface area contributed by atoms with Gasteiger partial charge in [-0.25, -0.2) is 4.79 Å². The third-order valence-electron chi connectivity index (χ3n) is 2.31. The van der Waals surface area contributed by atoms with Crippen LogP contribution in [0, 0.1) is 0 Å². The van der Waals surface area contributed by atoms with Gasteiger partial charge in [-0.15, -0.1) is 12.4 Å². The molecule has 1 aliphatic heterocycles. The minimum Gasteiger partial charge on any atom is -0.444 e. The van der Waals surface area contributed by atoms with E-state index in [9.17, 15) is 9.90 Å². The lowest BCUT2D eigenvalue weighted by atomic mass is 10.0. The fourth-order valence-electron chi connectivity index (χ4n) is 1.55. The predicted molar refractivity (Wildman–Crippen MR) is 63.9 cm³/mol. The Morgan fingerprint density at radius 2 is 2.19 bits per heavy atom. The van der Waals surface area contributed by atoms with Gasteiger partial charge in [0.05, 0.1) is 12.1 Å². The maximum Gasteiger partial charge on any atom is 0.408 e. The molecule has 1 atom stereocenters. The number of alkyl carbamates (subject to hydrolysis) is 1. The molecule has 1 unspecified atom stereocenters. The second-order valence-electron chi connectivity index (χ2n) is 4.99. The molecular weight excluding hydrogens is 232 g/mol. The van der Waals surface area contributed by atoms with Gasteiger partial charge in [0.15, 0.2) is 0 Å². The van der Waals surface area contributed by atoms with Crippen molar-refractivity contribution in [3.05, 3.63) is 0 Å². The highest BCUT2D eigenvalue weighted by atomic mass is 35.5. The molecule has 0 aromatic heterocycles. The Morgan fingerprint density at radius 3 is 2.56 bits per heavy atom. The zero-order chi connectivity index (χ0) is 11.5. The van der Waals surface area contributed by atoms with Gasteiger partial charge in [0.2, 0.25) is 0 Å². The Hall–Kier alpha value is -0.520. The van der Waals surface area contributed by atoms with Crippen molar-refractivity contribution < 1.29 is 14.6 Å². The van der Waals surface area contributed by atoms with Crippen molar-refractivity contribution in [1.29, 1.82) is 0 Å². The maximum atomic E-state index is 11.5. The molecule has 3 N–H and O–H groups in total. The monoisotopic (exact) mass is 252 g/mol. The van der Waals surface area contributed by atoms with E-state index in [0.717, 1.165) is 13.0 Å². The summed E-state index contributed by atoms with van der Waals surface area (Å²) in [6.07, 6.45) is 0.253. The Morgan fingerprint density at radius 1 is 1.56 bits per heavy atom. The van der Waals surface area contributed by atoms with Crippen LogP contribution in [0.2, 0.25) is 0 Å². The first kappa shape index (κ1) is 15.5. The van der Waals surface area contributed by atoms with Gasteiger partial charge in [0.1, 0.15) is 5.60 Å². The van der Waals surface area contributed by atoms with E-state index in [1.807, 2.05) is 20.8 Å². The molecule has 0 aliphatic carbocycles. The van der Waals surface area contributed by atoms with Crippen LogP contribution >= 0.6 is 12.4 Å². The maximum absolute atomic E-state index is 11.5. The SMILES string of the molecule is CC(C)(C)OC(=O)NC1(CO)CCNC1.Cl. The number of nitrogens with one attached hydrogen (secondary N) is 2. The van der Waals surface area contributed by atoms with E-state index in [2.05, 4.69) is 10.6 Å². The fraction of sp³-hybridized carbons (Fsp3) is 0.900. The van der Waals surface area contributed by atoms with Gasteiger partial charge in [-0.2, -0.15) is 0 Å². The molecule has 1 fully saturated rings. The van der Waals surface area contributed by atoms with Crippen molar-refractivity contribution in [3.63, 3.8) is 0 Å². The van der Waals surface area contributed by atoms with E-state index in [4.69, 9.17) is 4.74 Å². The molecule has 1 saturated heterocycles. The minimum atomic E-state index is -0.553. The first-order valence-corrected chi connectivity index (χ1v) is 5.20. The largest absolute Gasteiger partial charge is 0.444 e. The highest BCUT2D eigenvalue weighted by Gasteiger charge is 2.35. The van der Waals surface area contributed by atoms with Gasteiger partial charge in [-0.3, -0.25) is 0 Å². The van der Waals surface area contributed by atoms with Gasteiger partial charge >= 0.3 is 6.09 Å². The van der Waals surface area contributed by atoms with Crippen LogP contribution in [0.25, 0.3) is 0 Å². The van der Waals surface area contributed by atoms with Gasteiger partial charge in [0, 0.05) is 6.54 Å². The van der Waals surface area contributed by atoms with Crippen molar-refractivity contribution in [2.75, 3.05) is 19.7 Å². The molecular formula is C10H21ClN2O3. The average Bonchev–Trinajstić information content (AvgIpc) is 2.50. The average molecular weight is 253 g/mol. The molecule has 0 saturated carbocycles. The van der Waals surface area contributed by atoms with Crippen molar-refractivity contribution in [2.45, 2.75) is 38.3 Å². The standard InChI is InChI=1S/C10H20N2O3.ClH/c1-9(2,3)15-8(14)12-10(7-13)4-5-11-6-10;/h11,13H,4-7H2,1-3H3,(H,12,14);1H. The van der Waals surface area contributed by atoms with Crippen LogP contribution in [0.1, 0.15) is 27.2 Å². The lowest BCUT2D eigenvalue weighted by molar-refractivity contribution is 0.0416. The first-order chi connectivity index (χ1) is 6.87. The second kappa shape index (κ2) is 5.70. The zero-order valence-corrected chi connectivity index (χ0v) is 10.8. The quantitative estimate of drug-likeness (QED) is 0.675. The number of carbonyl (C=O) groups is 1. The molecule has 16 heavy (non-hydrogen) atoms. The number of hydrogen-bond donors (Lipinski definition) is 3.